The normalized spacial score (nSPS) is 12.2. The first kappa shape index (κ1) is 71.6. The van der Waals surface area contributed by atoms with Crippen molar-refractivity contribution >= 4 is 17.9 Å². The van der Waals surface area contributed by atoms with Gasteiger partial charge in [0.05, 0.1) is 0 Å². The topological polar surface area (TPSA) is 78.9 Å². The minimum atomic E-state index is -0.777. The summed E-state index contributed by atoms with van der Waals surface area (Å²) in [5, 5.41) is 0. The molecule has 0 aromatic carbocycles. The highest BCUT2D eigenvalue weighted by Gasteiger charge is 2.19. The van der Waals surface area contributed by atoms with Crippen molar-refractivity contribution in [2.24, 2.45) is 0 Å². The van der Waals surface area contributed by atoms with Crippen molar-refractivity contribution in [3.05, 3.63) is 36.5 Å². The predicted molar refractivity (Wildman–Crippen MR) is 321 cm³/mol. The number of carbonyl (C=O) groups excluding carboxylic acids is 3. The van der Waals surface area contributed by atoms with E-state index < -0.39 is 6.10 Å². The SMILES string of the molecule is CCCCCC/C=C\CCCCCCCC(=O)OCC(COC(=O)CCCCCCCCCCCCCCC/C=C\CCCCCCCCCC)OC(=O)CCCCCCCCC/C=C\CCCCCCCCC. The molecule has 74 heavy (non-hydrogen) atoms. The van der Waals surface area contributed by atoms with Gasteiger partial charge in [0.15, 0.2) is 6.10 Å². The number of hydrogen-bond donors (Lipinski definition) is 0. The van der Waals surface area contributed by atoms with Crippen LogP contribution in [0.2, 0.25) is 0 Å². The van der Waals surface area contributed by atoms with Gasteiger partial charge in [-0.25, -0.2) is 0 Å². The maximum absolute atomic E-state index is 12.9. The van der Waals surface area contributed by atoms with Gasteiger partial charge < -0.3 is 14.2 Å². The van der Waals surface area contributed by atoms with Crippen LogP contribution in [-0.2, 0) is 28.6 Å². The van der Waals surface area contributed by atoms with Crippen LogP contribution in [0, 0.1) is 0 Å². The van der Waals surface area contributed by atoms with E-state index in [0.717, 1.165) is 64.2 Å². The number of rotatable bonds is 61. The van der Waals surface area contributed by atoms with E-state index in [1.807, 2.05) is 0 Å². The van der Waals surface area contributed by atoms with Gasteiger partial charge in [-0.15, -0.1) is 0 Å². The Morgan fingerprint density at radius 1 is 0.257 bits per heavy atom. The summed E-state index contributed by atoms with van der Waals surface area (Å²) in [7, 11) is 0. The molecule has 0 saturated carbocycles. The molecule has 0 fully saturated rings. The van der Waals surface area contributed by atoms with E-state index in [0.29, 0.717) is 19.3 Å². The van der Waals surface area contributed by atoms with E-state index in [1.54, 1.807) is 0 Å². The second kappa shape index (κ2) is 63.2. The molecule has 0 saturated heterocycles. The highest BCUT2D eigenvalue weighted by atomic mass is 16.6. The molecule has 0 aromatic rings. The Bertz CT molecular complexity index is 1240. The first-order valence-electron chi connectivity index (χ1n) is 33.0. The van der Waals surface area contributed by atoms with Crippen molar-refractivity contribution in [2.45, 2.75) is 367 Å². The molecule has 0 aromatic heterocycles. The summed E-state index contributed by atoms with van der Waals surface area (Å²) in [5.74, 6) is -0.865. The molecule has 0 amide bonds. The smallest absolute Gasteiger partial charge is 0.306 e. The summed E-state index contributed by atoms with van der Waals surface area (Å²) in [6, 6.07) is 0. The standard InChI is InChI=1S/C68H126O6/c1-4-7-10-13-16-19-22-25-27-29-31-32-33-34-35-36-37-39-40-43-46-49-52-55-58-61-67(70)73-64-65(63-72-66(69)60-57-54-51-48-45-42-24-21-18-15-12-9-6-3)74-68(71)62-59-56-53-50-47-44-41-38-30-28-26-23-20-17-14-11-8-5-2/h21,24,28-31,65H,4-20,22-23,25-27,32-64H2,1-3H3/b24-21-,30-28-,31-29-. The third-order valence-electron chi connectivity index (χ3n) is 14.8. The fourth-order valence-electron chi connectivity index (χ4n) is 9.84. The number of ether oxygens (including phenoxy) is 3. The van der Waals surface area contributed by atoms with E-state index in [1.165, 1.54) is 257 Å². The van der Waals surface area contributed by atoms with Crippen LogP contribution in [0.5, 0.6) is 0 Å². The van der Waals surface area contributed by atoms with Crippen molar-refractivity contribution in [3.8, 4) is 0 Å². The van der Waals surface area contributed by atoms with Crippen LogP contribution >= 0.6 is 0 Å². The molecule has 0 aliphatic heterocycles. The third-order valence-corrected chi connectivity index (χ3v) is 14.8. The number of esters is 3. The molecule has 6 nitrogen and oxygen atoms in total. The zero-order chi connectivity index (χ0) is 53.6. The lowest BCUT2D eigenvalue weighted by Crippen LogP contribution is -2.30. The molecule has 434 valence electrons. The monoisotopic (exact) mass is 1040 g/mol. The molecule has 0 radical (unpaired) electrons. The second-order valence-corrected chi connectivity index (χ2v) is 22.4. The van der Waals surface area contributed by atoms with Crippen LogP contribution in [0.25, 0.3) is 0 Å². The van der Waals surface area contributed by atoms with E-state index in [2.05, 4.69) is 57.2 Å². The van der Waals surface area contributed by atoms with Gasteiger partial charge in [-0.1, -0.05) is 282 Å². The Labute approximate surface area is 461 Å². The Balaban J connectivity index is 4.25. The lowest BCUT2D eigenvalue weighted by atomic mass is 10.0. The van der Waals surface area contributed by atoms with Gasteiger partial charge in [-0.2, -0.15) is 0 Å². The second-order valence-electron chi connectivity index (χ2n) is 22.4. The van der Waals surface area contributed by atoms with E-state index in [9.17, 15) is 14.4 Å². The van der Waals surface area contributed by atoms with Crippen molar-refractivity contribution < 1.29 is 28.6 Å². The van der Waals surface area contributed by atoms with Crippen LogP contribution in [0.1, 0.15) is 361 Å². The number of carbonyl (C=O) groups is 3. The lowest BCUT2D eigenvalue weighted by Gasteiger charge is -2.18. The Morgan fingerprint density at radius 3 is 0.689 bits per heavy atom. The molecular weight excluding hydrogens is 913 g/mol. The van der Waals surface area contributed by atoms with Crippen molar-refractivity contribution in [2.75, 3.05) is 13.2 Å². The van der Waals surface area contributed by atoms with Crippen LogP contribution in [0.15, 0.2) is 36.5 Å². The van der Waals surface area contributed by atoms with E-state index in [4.69, 9.17) is 14.2 Å². The molecule has 1 atom stereocenters. The maximum Gasteiger partial charge on any atom is 0.306 e. The van der Waals surface area contributed by atoms with Gasteiger partial charge >= 0.3 is 17.9 Å². The van der Waals surface area contributed by atoms with E-state index in [-0.39, 0.29) is 31.1 Å². The minimum Gasteiger partial charge on any atom is -0.462 e. The molecule has 0 spiro atoms. The number of hydrogen-bond acceptors (Lipinski definition) is 6. The van der Waals surface area contributed by atoms with Crippen molar-refractivity contribution in [3.63, 3.8) is 0 Å². The molecule has 0 aliphatic rings. The molecule has 0 bridgehead atoms. The van der Waals surface area contributed by atoms with Gasteiger partial charge in [-0.05, 0) is 96.3 Å². The minimum absolute atomic E-state index is 0.0733. The fourth-order valence-corrected chi connectivity index (χ4v) is 9.84. The molecule has 1 unspecified atom stereocenters. The predicted octanol–water partition coefficient (Wildman–Crippen LogP) is 22.4. The molecule has 0 aliphatic carbocycles. The summed E-state index contributed by atoms with van der Waals surface area (Å²) in [4.78, 5) is 38.3. The zero-order valence-corrected chi connectivity index (χ0v) is 49.9. The first-order chi connectivity index (χ1) is 36.5. The zero-order valence-electron chi connectivity index (χ0n) is 49.9. The van der Waals surface area contributed by atoms with Gasteiger partial charge in [0.25, 0.3) is 0 Å². The van der Waals surface area contributed by atoms with Crippen LogP contribution in [0.3, 0.4) is 0 Å². The molecule has 0 N–H and O–H groups in total. The molecule has 6 heteroatoms. The summed E-state index contributed by atoms with van der Waals surface area (Å²) in [6.07, 6.45) is 77.3. The van der Waals surface area contributed by atoms with Crippen LogP contribution in [0.4, 0.5) is 0 Å². The Morgan fingerprint density at radius 2 is 0.446 bits per heavy atom. The van der Waals surface area contributed by atoms with Gasteiger partial charge in [0, 0.05) is 19.3 Å². The largest absolute Gasteiger partial charge is 0.462 e. The van der Waals surface area contributed by atoms with Gasteiger partial charge in [-0.3, -0.25) is 14.4 Å². The molecule has 0 heterocycles. The summed E-state index contributed by atoms with van der Waals surface area (Å²) in [6.45, 7) is 6.67. The Kier molecular flexibility index (Phi) is 61.1. The quantitative estimate of drug-likeness (QED) is 0.0261. The third kappa shape index (κ3) is 60.5. The number of unbranched alkanes of at least 4 members (excludes halogenated alkanes) is 44. The van der Waals surface area contributed by atoms with Crippen molar-refractivity contribution in [1.29, 1.82) is 0 Å². The Hall–Kier alpha value is -2.37. The van der Waals surface area contributed by atoms with Crippen molar-refractivity contribution in [1.82, 2.24) is 0 Å². The van der Waals surface area contributed by atoms with Crippen LogP contribution in [-0.4, -0.2) is 37.2 Å². The number of allylic oxidation sites excluding steroid dienone is 6. The summed E-state index contributed by atoms with van der Waals surface area (Å²) in [5.41, 5.74) is 0. The fraction of sp³-hybridized carbons (Fsp3) is 0.868. The van der Waals surface area contributed by atoms with Gasteiger partial charge in [0.1, 0.15) is 13.2 Å². The summed E-state index contributed by atoms with van der Waals surface area (Å²) >= 11 is 0. The highest BCUT2D eigenvalue weighted by molar-refractivity contribution is 5.71. The maximum atomic E-state index is 12.9. The van der Waals surface area contributed by atoms with Crippen LogP contribution < -0.4 is 0 Å². The first-order valence-corrected chi connectivity index (χ1v) is 33.0. The average molecular weight is 1040 g/mol. The lowest BCUT2D eigenvalue weighted by molar-refractivity contribution is -0.167. The highest BCUT2D eigenvalue weighted by Crippen LogP contribution is 2.17. The molecular formula is C68H126O6. The van der Waals surface area contributed by atoms with E-state index >= 15 is 0 Å². The molecule has 0 rings (SSSR count). The summed E-state index contributed by atoms with van der Waals surface area (Å²) < 4.78 is 16.9. The van der Waals surface area contributed by atoms with Gasteiger partial charge in [0.2, 0.25) is 0 Å². The average Bonchev–Trinajstić information content (AvgIpc) is 3.40.